The Bertz CT molecular complexity index is 213. The number of carbonyl (C=O) groups excluding carboxylic acids is 1. The molecule has 13 heavy (non-hydrogen) atoms. The summed E-state index contributed by atoms with van der Waals surface area (Å²) in [6, 6.07) is 0.281. The van der Waals surface area contributed by atoms with Crippen LogP contribution in [0.4, 0.5) is 0 Å². The van der Waals surface area contributed by atoms with Crippen molar-refractivity contribution in [2.24, 2.45) is 0 Å². The zero-order valence-electron chi connectivity index (χ0n) is 8.87. The van der Waals surface area contributed by atoms with Gasteiger partial charge in [0.25, 0.3) is 5.91 Å². The topological polar surface area (TPSA) is 40.5 Å². The van der Waals surface area contributed by atoms with Crippen molar-refractivity contribution in [2.45, 2.75) is 58.2 Å². The molecular formula is C10H19NO2. The van der Waals surface area contributed by atoms with Gasteiger partial charge in [0.05, 0.1) is 0 Å². The SMILES string of the molecule is CCC(O)C(=O)N1C(C)CC1(C)C. The molecule has 0 aliphatic carbocycles. The second kappa shape index (κ2) is 3.29. The maximum absolute atomic E-state index is 11.7. The highest BCUT2D eigenvalue weighted by molar-refractivity contribution is 5.82. The Morgan fingerprint density at radius 1 is 1.69 bits per heavy atom. The molecule has 0 aromatic rings. The number of likely N-dealkylation sites (tertiary alicyclic amines) is 1. The largest absolute Gasteiger partial charge is 0.383 e. The van der Waals surface area contributed by atoms with Gasteiger partial charge in [0.15, 0.2) is 0 Å². The van der Waals surface area contributed by atoms with Crippen LogP contribution in [0.5, 0.6) is 0 Å². The van der Waals surface area contributed by atoms with Crippen LogP contribution in [0, 0.1) is 0 Å². The van der Waals surface area contributed by atoms with E-state index in [9.17, 15) is 9.90 Å². The Labute approximate surface area is 79.7 Å². The molecule has 0 spiro atoms. The zero-order chi connectivity index (χ0) is 10.2. The van der Waals surface area contributed by atoms with Crippen molar-refractivity contribution in [2.75, 3.05) is 0 Å². The van der Waals surface area contributed by atoms with E-state index >= 15 is 0 Å². The third-order valence-electron chi connectivity index (χ3n) is 2.80. The average Bonchev–Trinajstić information content (AvgIpc) is 2.00. The second-order valence-electron chi connectivity index (χ2n) is 4.50. The van der Waals surface area contributed by atoms with Gasteiger partial charge in [-0.3, -0.25) is 4.79 Å². The van der Waals surface area contributed by atoms with E-state index in [2.05, 4.69) is 0 Å². The normalized spacial score (nSPS) is 28.1. The number of nitrogens with zero attached hydrogens (tertiary/aromatic N) is 1. The minimum absolute atomic E-state index is 0.0628. The van der Waals surface area contributed by atoms with E-state index in [0.29, 0.717) is 6.42 Å². The summed E-state index contributed by atoms with van der Waals surface area (Å²) in [6.07, 6.45) is 0.704. The Hall–Kier alpha value is -0.570. The molecule has 0 aromatic carbocycles. The van der Waals surface area contributed by atoms with Crippen LogP contribution in [0.3, 0.4) is 0 Å². The molecule has 3 nitrogen and oxygen atoms in total. The average molecular weight is 185 g/mol. The summed E-state index contributed by atoms with van der Waals surface area (Å²) in [5.41, 5.74) is -0.0628. The van der Waals surface area contributed by atoms with Gasteiger partial charge in [-0.2, -0.15) is 0 Å². The third-order valence-corrected chi connectivity index (χ3v) is 2.80. The number of aliphatic hydroxyl groups is 1. The first-order valence-corrected chi connectivity index (χ1v) is 4.91. The van der Waals surface area contributed by atoms with Gasteiger partial charge in [-0.05, 0) is 33.6 Å². The highest BCUT2D eigenvalue weighted by Crippen LogP contribution is 2.36. The lowest BCUT2D eigenvalue weighted by Gasteiger charge is -2.54. The number of aliphatic hydroxyl groups excluding tert-OH is 1. The molecule has 0 saturated carbocycles. The van der Waals surface area contributed by atoms with Crippen molar-refractivity contribution in [3.63, 3.8) is 0 Å². The lowest BCUT2D eigenvalue weighted by molar-refractivity contribution is -0.161. The number of carbonyl (C=O) groups is 1. The van der Waals surface area contributed by atoms with Crippen molar-refractivity contribution in [1.29, 1.82) is 0 Å². The van der Waals surface area contributed by atoms with Crippen LogP contribution >= 0.6 is 0 Å². The molecule has 76 valence electrons. The van der Waals surface area contributed by atoms with Crippen LogP contribution in [-0.2, 0) is 4.79 Å². The Balaban J connectivity index is 2.66. The lowest BCUT2D eigenvalue weighted by Crippen LogP contribution is -2.65. The standard InChI is InChI=1S/C10H19NO2/c1-5-8(12)9(13)11-7(2)6-10(11,3)4/h7-8,12H,5-6H2,1-4H3. The summed E-state index contributed by atoms with van der Waals surface area (Å²) in [6.45, 7) is 7.91. The summed E-state index contributed by atoms with van der Waals surface area (Å²) in [5.74, 6) is -0.119. The molecule has 1 fully saturated rings. The summed E-state index contributed by atoms with van der Waals surface area (Å²) in [7, 11) is 0. The van der Waals surface area contributed by atoms with E-state index in [1.165, 1.54) is 0 Å². The van der Waals surface area contributed by atoms with Crippen molar-refractivity contribution < 1.29 is 9.90 Å². The van der Waals surface area contributed by atoms with E-state index in [-0.39, 0.29) is 17.5 Å². The van der Waals surface area contributed by atoms with E-state index in [0.717, 1.165) is 6.42 Å². The first-order valence-electron chi connectivity index (χ1n) is 4.91. The fraction of sp³-hybridized carbons (Fsp3) is 0.900. The molecule has 1 aliphatic heterocycles. The van der Waals surface area contributed by atoms with Gasteiger partial charge in [-0.15, -0.1) is 0 Å². The monoisotopic (exact) mass is 185 g/mol. The number of hydrogen-bond donors (Lipinski definition) is 1. The van der Waals surface area contributed by atoms with Crippen molar-refractivity contribution in [3.05, 3.63) is 0 Å². The molecule has 2 unspecified atom stereocenters. The molecule has 1 saturated heterocycles. The summed E-state index contributed by atoms with van der Waals surface area (Å²) < 4.78 is 0. The molecule has 1 heterocycles. The second-order valence-corrected chi connectivity index (χ2v) is 4.50. The number of rotatable bonds is 2. The Morgan fingerprint density at radius 2 is 2.23 bits per heavy atom. The summed E-state index contributed by atoms with van der Waals surface area (Å²) >= 11 is 0. The fourth-order valence-electron chi connectivity index (χ4n) is 2.25. The van der Waals surface area contributed by atoms with Crippen molar-refractivity contribution in [3.8, 4) is 0 Å². The molecule has 0 aromatic heterocycles. The molecule has 1 aliphatic rings. The smallest absolute Gasteiger partial charge is 0.252 e. The van der Waals surface area contributed by atoms with Gasteiger partial charge in [0, 0.05) is 11.6 Å². The molecule has 0 bridgehead atoms. The van der Waals surface area contributed by atoms with Crippen molar-refractivity contribution in [1.82, 2.24) is 4.90 Å². The lowest BCUT2D eigenvalue weighted by atomic mass is 9.81. The Kier molecular flexibility index (Phi) is 2.66. The van der Waals surface area contributed by atoms with Crippen LogP contribution in [-0.4, -0.2) is 33.6 Å². The van der Waals surface area contributed by atoms with Crippen LogP contribution in [0.25, 0.3) is 0 Å². The molecule has 1 rings (SSSR count). The maximum Gasteiger partial charge on any atom is 0.252 e. The van der Waals surface area contributed by atoms with E-state index in [1.54, 1.807) is 4.90 Å². The van der Waals surface area contributed by atoms with Crippen LogP contribution in [0.2, 0.25) is 0 Å². The zero-order valence-corrected chi connectivity index (χ0v) is 8.87. The Morgan fingerprint density at radius 3 is 2.54 bits per heavy atom. The van der Waals surface area contributed by atoms with Crippen molar-refractivity contribution >= 4 is 5.91 Å². The maximum atomic E-state index is 11.7. The quantitative estimate of drug-likeness (QED) is 0.701. The van der Waals surface area contributed by atoms with Crippen LogP contribution in [0.15, 0.2) is 0 Å². The molecule has 1 N–H and O–H groups in total. The van der Waals surface area contributed by atoms with Crippen LogP contribution < -0.4 is 0 Å². The third kappa shape index (κ3) is 1.70. The molecule has 3 heteroatoms. The first kappa shape index (κ1) is 10.5. The van der Waals surface area contributed by atoms with Gasteiger partial charge in [-0.1, -0.05) is 6.92 Å². The predicted molar refractivity (Wildman–Crippen MR) is 51.3 cm³/mol. The van der Waals surface area contributed by atoms with Gasteiger partial charge in [0.1, 0.15) is 6.10 Å². The van der Waals surface area contributed by atoms with Gasteiger partial charge in [-0.25, -0.2) is 0 Å². The summed E-state index contributed by atoms with van der Waals surface area (Å²) in [5, 5.41) is 9.42. The minimum atomic E-state index is -0.818. The van der Waals surface area contributed by atoms with Gasteiger partial charge < -0.3 is 10.0 Å². The molecule has 1 amide bonds. The van der Waals surface area contributed by atoms with E-state index in [1.807, 2.05) is 27.7 Å². The van der Waals surface area contributed by atoms with Gasteiger partial charge >= 0.3 is 0 Å². The minimum Gasteiger partial charge on any atom is -0.383 e. The summed E-state index contributed by atoms with van der Waals surface area (Å²) in [4.78, 5) is 13.5. The van der Waals surface area contributed by atoms with Gasteiger partial charge in [0.2, 0.25) is 0 Å². The highest BCUT2D eigenvalue weighted by Gasteiger charge is 2.46. The predicted octanol–water partition coefficient (Wildman–Crippen LogP) is 1.16. The fourth-order valence-corrected chi connectivity index (χ4v) is 2.25. The van der Waals surface area contributed by atoms with E-state index < -0.39 is 6.10 Å². The molecule has 2 atom stereocenters. The van der Waals surface area contributed by atoms with Crippen LogP contribution in [0.1, 0.15) is 40.5 Å². The molecule has 0 radical (unpaired) electrons. The number of hydrogen-bond acceptors (Lipinski definition) is 2. The first-order chi connectivity index (χ1) is 5.90. The number of amides is 1. The van der Waals surface area contributed by atoms with E-state index in [4.69, 9.17) is 0 Å². The molecular weight excluding hydrogens is 166 g/mol. The highest BCUT2D eigenvalue weighted by atomic mass is 16.3.